The molecule has 98 valence electrons. The predicted molar refractivity (Wildman–Crippen MR) is 65.6 cm³/mol. The fraction of sp³-hybridized carbons (Fsp3) is 0.846. The van der Waals surface area contributed by atoms with Crippen LogP contribution in [0.1, 0.15) is 40.5 Å². The molecule has 1 saturated heterocycles. The summed E-state index contributed by atoms with van der Waals surface area (Å²) in [6, 6.07) is 0. The van der Waals surface area contributed by atoms with Crippen LogP contribution in [0.25, 0.3) is 0 Å². The van der Waals surface area contributed by atoms with Gasteiger partial charge in [-0.15, -0.1) is 0 Å². The molecule has 2 atom stereocenters. The van der Waals surface area contributed by atoms with Crippen molar-refractivity contribution < 1.29 is 14.7 Å². The first-order chi connectivity index (χ1) is 7.71. The highest BCUT2D eigenvalue weighted by molar-refractivity contribution is 5.78. The van der Waals surface area contributed by atoms with E-state index in [0.29, 0.717) is 18.3 Å². The van der Waals surface area contributed by atoms with Crippen LogP contribution in [0.3, 0.4) is 0 Å². The maximum Gasteiger partial charge on any atom is 0.303 e. The Balaban J connectivity index is 2.52. The predicted octanol–water partition coefficient (Wildman–Crippen LogP) is 1.99. The number of amides is 1. The van der Waals surface area contributed by atoms with E-state index in [1.807, 2.05) is 18.7 Å². The molecule has 1 amide bonds. The molecule has 1 N–H and O–H groups in total. The largest absolute Gasteiger partial charge is 0.481 e. The minimum atomic E-state index is -0.842. The molecule has 0 bridgehead atoms. The van der Waals surface area contributed by atoms with Crippen molar-refractivity contribution in [2.45, 2.75) is 40.5 Å². The normalized spacial score (nSPS) is 25.1. The Kier molecular flexibility index (Phi) is 4.17. The molecule has 4 nitrogen and oxygen atoms in total. The highest BCUT2D eigenvalue weighted by atomic mass is 16.4. The number of carboxylic acids is 1. The number of hydrogen-bond acceptors (Lipinski definition) is 2. The molecule has 4 heteroatoms. The van der Waals surface area contributed by atoms with Gasteiger partial charge in [-0.05, 0) is 17.3 Å². The van der Waals surface area contributed by atoms with Crippen molar-refractivity contribution in [3.63, 3.8) is 0 Å². The highest BCUT2D eigenvalue weighted by Gasteiger charge is 2.33. The maximum absolute atomic E-state index is 12.1. The zero-order valence-corrected chi connectivity index (χ0v) is 11.2. The van der Waals surface area contributed by atoms with Gasteiger partial charge in [-0.25, -0.2) is 0 Å². The maximum atomic E-state index is 12.1. The van der Waals surface area contributed by atoms with Crippen molar-refractivity contribution in [1.82, 2.24) is 4.90 Å². The van der Waals surface area contributed by atoms with Crippen LogP contribution < -0.4 is 0 Å². The van der Waals surface area contributed by atoms with Crippen molar-refractivity contribution in [2.75, 3.05) is 13.1 Å². The second-order valence-electron chi connectivity index (χ2n) is 6.16. The topological polar surface area (TPSA) is 57.6 Å². The Labute approximate surface area is 103 Å². The van der Waals surface area contributed by atoms with Crippen LogP contribution in [0.5, 0.6) is 0 Å². The summed E-state index contributed by atoms with van der Waals surface area (Å²) in [6.07, 6.45) is 0.358. The van der Waals surface area contributed by atoms with Crippen molar-refractivity contribution in [2.24, 2.45) is 17.3 Å². The van der Waals surface area contributed by atoms with Gasteiger partial charge in [-0.1, -0.05) is 27.7 Å². The van der Waals surface area contributed by atoms with Gasteiger partial charge in [0.05, 0.1) is 6.42 Å². The van der Waals surface area contributed by atoms with Crippen molar-refractivity contribution in [3.05, 3.63) is 0 Å². The molecule has 1 aliphatic heterocycles. The standard InChI is InChI=1S/C13H23NO3/c1-9-7-14(8-10(9)2)11(15)5-13(3,4)6-12(16)17/h9-10H,5-8H2,1-4H3,(H,16,17). The number of hydrogen-bond donors (Lipinski definition) is 1. The molecule has 1 aliphatic rings. The summed E-state index contributed by atoms with van der Waals surface area (Å²) in [7, 11) is 0. The average Bonchev–Trinajstić information content (AvgIpc) is 2.43. The fourth-order valence-electron chi connectivity index (χ4n) is 2.33. The van der Waals surface area contributed by atoms with Crippen LogP contribution in [0.4, 0.5) is 0 Å². The fourth-order valence-corrected chi connectivity index (χ4v) is 2.33. The van der Waals surface area contributed by atoms with E-state index in [9.17, 15) is 9.59 Å². The van der Waals surface area contributed by atoms with Gasteiger partial charge in [-0.2, -0.15) is 0 Å². The summed E-state index contributed by atoms with van der Waals surface area (Å²) in [5, 5.41) is 8.79. The number of carbonyl (C=O) groups excluding carboxylic acids is 1. The molecule has 1 fully saturated rings. The van der Waals surface area contributed by atoms with Gasteiger partial charge in [0, 0.05) is 19.5 Å². The molecule has 0 aromatic rings. The van der Waals surface area contributed by atoms with Crippen LogP contribution in [-0.2, 0) is 9.59 Å². The molecule has 2 unspecified atom stereocenters. The molecule has 0 aliphatic carbocycles. The Morgan fingerprint density at radius 1 is 1.18 bits per heavy atom. The van der Waals surface area contributed by atoms with Crippen LogP contribution in [-0.4, -0.2) is 35.0 Å². The molecule has 17 heavy (non-hydrogen) atoms. The van der Waals surface area contributed by atoms with Crippen LogP contribution in [0.15, 0.2) is 0 Å². The van der Waals surface area contributed by atoms with Crippen LogP contribution >= 0.6 is 0 Å². The number of rotatable bonds is 4. The van der Waals surface area contributed by atoms with Crippen LogP contribution in [0.2, 0.25) is 0 Å². The van der Waals surface area contributed by atoms with E-state index in [0.717, 1.165) is 13.1 Å². The van der Waals surface area contributed by atoms with Gasteiger partial charge in [-0.3, -0.25) is 9.59 Å². The van der Waals surface area contributed by atoms with Crippen molar-refractivity contribution in [3.8, 4) is 0 Å². The van der Waals surface area contributed by atoms with E-state index in [4.69, 9.17) is 5.11 Å². The molecule has 0 aromatic heterocycles. The molecule has 0 saturated carbocycles. The number of carbonyl (C=O) groups is 2. The molecular weight excluding hydrogens is 218 g/mol. The van der Waals surface area contributed by atoms with Crippen molar-refractivity contribution >= 4 is 11.9 Å². The first-order valence-corrected chi connectivity index (χ1v) is 6.21. The van der Waals surface area contributed by atoms with Gasteiger partial charge in [0.25, 0.3) is 0 Å². The first kappa shape index (κ1) is 14.0. The summed E-state index contributed by atoms with van der Waals surface area (Å²) in [5.74, 6) is 0.335. The molecule has 1 rings (SSSR count). The Bertz CT molecular complexity index is 302. The van der Waals surface area contributed by atoms with E-state index in [1.54, 1.807) is 0 Å². The lowest BCUT2D eigenvalue weighted by atomic mass is 9.85. The van der Waals surface area contributed by atoms with Crippen LogP contribution in [0, 0.1) is 17.3 Å². The van der Waals surface area contributed by atoms with Gasteiger partial charge in [0.2, 0.25) is 5.91 Å². The lowest BCUT2D eigenvalue weighted by molar-refractivity contribution is -0.140. The summed E-state index contributed by atoms with van der Waals surface area (Å²) in [6.45, 7) is 9.59. The number of aliphatic carboxylic acids is 1. The second kappa shape index (κ2) is 5.07. The lowest BCUT2D eigenvalue weighted by Gasteiger charge is -2.25. The smallest absolute Gasteiger partial charge is 0.303 e. The van der Waals surface area contributed by atoms with Crippen molar-refractivity contribution in [1.29, 1.82) is 0 Å². The zero-order chi connectivity index (χ0) is 13.2. The van der Waals surface area contributed by atoms with E-state index in [2.05, 4.69) is 13.8 Å². The minimum absolute atomic E-state index is 0.0394. The van der Waals surface area contributed by atoms with E-state index in [-0.39, 0.29) is 12.3 Å². The quantitative estimate of drug-likeness (QED) is 0.819. The van der Waals surface area contributed by atoms with Gasteiger partial charge < -0.3 is 10.0 Å². The number of nitrogens with zero attached hydrogens (tertiary/aromatic N) is 1. The molecule has 1 heterocycles. The van der Waals surface area contributed by atoms with E-state index in [1.165, 1.54) is 0 Å². The second-order valence-corrected chi connectivity index (χ2v) is 6.16. The third kappa shape index (κ3) is 4.02. The van der Waals surface area contributed by atoms with Gasteiger partial charge in [0.1, 0.15) is 0 Å². The lowest BCUT2D eigenvalue weighted by Crippen LogP contribution is -2.33. The average molecular weight is 241 g/mol. The summed E-state index contributed by atoms with van der Waals surface area (Å²) >= 11 is 0. The Morgan fingerprint density at radius 2 is 1.65 bits per heavy atom. The summed E-state index contributed by atoms with van der Waals surface area (Å²) in [5.41, 5.74) is -0.460. The Morgan fingerprint density at radius 3 is 2.06 bits per heavy atom. The van der Waals surface area contributed by atoms with E-state index >= 15 is 0 Å². The third-order valence-electron chi connectivity index (χ3n) is 3.60. The van der Waals surface area contributed by atoms with Gasteiger partial charge >= 0.3 is 5.97 Å². The zero-order valence-electron chi connectivity index (χ0n) is 11.2. The molecule has 0 aromatic carbocycles. The SMILES string of the molecule is CC1CN(C(=O)CC(C)(C)CC(=O)O)CC1C. The first-order valence-electron chi connectivity index (χ1n) is 6.21. The molecule has 0 spiro atoms. The van der Waals surface area contributed by atoms with Gasteiger partial charge in [0.15, 0.2) is 0 Å². The summed E-state index contributed by atoms with van der Waals surface area (Å²) < 4.78 is 0. The molecule has 0 radical (unpaired) electrons. The summed E-state index contributed by atoms with van der Waals surface area (Å²) in [4.78, 5) is 24.6. The Hall–Kier alpha value is -1.06. The van der Waals surface area contributed by atoms with E-state index < -0.39 is 11.4 Å². The minimum Gasteiger partial charge on any atom is -0.481 e. The number of likely N-dealkylation sites (tertiary alicyclic amines) is 1. The molecular formula is C13H23NO3. The third-order valence-corrected chi connectivity index (χ3v) is 3.60. The monoisotopic (exact) mass is 241 g/mol. The highest BCUT2D eigenvalue weighted by Crippen LogP contribution is 2.29. The number of carboxylic acid groups (broad SMARTS) is 1.